The van der Waals surface area contributed by atoms with Gasteiger partial charge in [-0.3, -0.25) is 9.78 Å². The fourth-order valence-electron chi connectivity index (χ4n) is 3.61. The van der Waals surface area contributed by atoms with E-state index in [1.807, 2.05) is 12.1 Å². The summed E-state index contributed by atoms with van der Waals surface area (Å²) in [5, 5.41) is -0.172. The molecule has 1 amide bonds. The van der Waals surface area contributed by atoms with Crippen LogP contribution in [0.4, 0.5) is 5.69 Å². The molecule has 1 spiro atoms. The number of hydrogen-bond acceptors (Lipinski definition) is 4. The third-order valence-electron chi connectivity index (χ3n) is 4.99. The smallest absolute Gasteiger partial charge is 0.227 e. The first-order valence-electron chi connectivity index (χ1n) is 7.70. The van der Waals surface area contributed by atoms with Gasteiger partial charge in [0.05, 0.1) is 17.1 Å². The molecule has 7 heteroatoms. The molecular formula is C15H19N3O3S. The van der Waals surface area contributed by atoms with E-state index in [0.29, 0.717) is 26.1 Å². The molecule has 1 aromatic rings. The fourth-order valence-corrected chi connectivity index (χ4v) is 5.56. The van der Waals surface area contributed by atoms with E-state index in [1.165, 1.54) is 0 Å². The highest BCUT2D eigenvalue weighted by Gasteiger charge is 2.52. The van der Waals surface area contributed by atoms with Gasteiger partial charge in [0.25, 0.3) is 0 Å². The summed E-state index contributed by atoms with van der Waals surface area (Å²) in [5.74, 6) is 0.0682. The molecule has 22 heavy (non-hydrogen) atoms. The number of nitrogens with zero attached hydrogens (tertiary/aromatic N) is 3. The van der Waals surface area contributed by atoms with Gasteiger partial charge in [-0.2, -0.15) is 0 Å². The summed E-state index contributed by atoms with van der Waals surface area (Å²) < 4.78 is 26.4. The van der Waals surface area contributed by atoms with Crippen molar-refractivity contribution in [1.82, 2.24) is 9.29 Å². The first-order valence-corrected chi connectivity index (χ1v) is 9.20. The number of pyridine rings is 1. The number of anilines is 1. The van der Waals surface area contributed by atoms with Crippen LogP contribution in [-0.2, 0) is 14.8 Å². The quantitative estimate of drug-likeness (QED) is 0.833. The lowest BCUT2D eigenvalue weighted by Crippen LogP contribution is -2.35. The van der Waals surface area contributed by atoms with Gasteiger partial charge in [-0.1, -0.05) is 0 Å². The molecule has 1 aliphatic carbocycles. The molecule has 0 aromatic carbocycles. The molecule has 0 radical (unpaired) electrons. The predicted octanol–water partition coefficient (Wildman–Crippen LogP) is 1.00. The highest BCUT2D eigenvalue weighted by atomic mass is 32.2. The maximum absolute atomic E-state index is 12.4. The number of amides is 1. The molecule has 4 rings (SSSR count). The van der Waals surface area contributed by atoms with E-state index < -0.39 is 10.0 Å². The zero-order valence-electron chi connectivity index (χ0n) is 12.3. The summed E-state index contributed by atoms with van der Waals surface area (Å²) >= 11 is 0. The van der Waals surface area contributed by atoms with Crippen molar-refractivity contribution in [3.05, 3.63) is 24.5 Å². The molecule has 2 aliphatic heterocycles. The van der Waals surface area contributed by atoms with Crippen molar-refractivity contribution in [3.63, 3.8) is 0 Å². The van der Waals surface area contributed by atoms with Crippen LogP contribution in [-0.4, -0.2) is 48.5 Å². The molecule has 1 saturated carbocycles. The average Bonchev–Trinajstić information content (AvgIpc) is 3.22. The Kier molecular flexibility index (Phi) is 3.06. The molecule has 6 nitrogen and oxygen atoms in total. The molecule has 3 fully saturated rings. The van der Waals surface area contributed by atoms with Gasteiger partial charge >= 0.3 is 0 Å². The van der Waals surface area contributed by atoms with Crippen molar-refractivity contribution in [2.75, 3.05) is 24.5 Å². The number of sulfonamides is 1. The summed E-state index contributed by atoms with van der Waals surface area (Å²) in [6, 6.07) is 3.68. The second kappa shape index (κ2) is 4.76. The molecule has 1 atom stereocenters. The number of aromatic nitrogens is 1. The molecule has 3 heterocycles. The highest BCUT2D eigenvalue weighted by Crippen LogP contribution is 2.44. The minimum atomic E-state index is -3.14. The van der Waals surface area contributed by atoms with Gasteiger partial charge < -0.3 is 4.90 Å². The molecule has 1 unspecified atom stereocenters. The number of carbonyl (C=O) groups excluding carboxylic acids is 1. The van der Waals surface area contributed by atoms with Gasteiger partial charge in [-0.05, 0) is 31.4 Å². The molecule has 0 bridgehead atoms. The van der Waals surface area contributed by atoms with Crippen LogP contribution in [0.2, 0.25) is 0 Å². The van der Waals surface area contributed by atoms with Gasteiger partial charge in [0.2, 0.25) is 15.9 Å². The van der Waals surface area contributed by atoms with E-state index in [-0.39, 0.29) is 16.6 Å². The number of rotatable bonds is 3. The Morgan fingerprint density at radius 3 is 2.77 bits per heavy atom. The summed E-state index contributed by atoms with van der Waals surface area (Å²) in [6.45, 7) is 1.62. The van der Waals surface area contributed by atoms with E-state index >= 15 is 0 Å². The SMILES string of the molecule is O=C1CC2(CCN(S(=O)(=O)C3CC3)C2)CN1c1cccnc1. The Morgan fingerprint density at radius 2 is 2.09 bits per heavy atom. The van der Waals surface area contributed by atoms with Gasteiger partial charge in [0.1, 0.15) is 0 Å². The van der Waals surface area contributed by atoms with E-state index in [4.69, 9.17) is 0 Å². The van der Waals surface area contributed by atoms with Crippen LogP contribution in [0.25, 0.3) is 0 Å². The Hall–Kier alpha value is -1.47. The third-order valence-corrected chi connectivity index (χ3v) is 7.33. The molecule has 3 aliphatic rings. The standard InChI is InChI=1S/C15H19N3O3S/c19-14-8-15(11-18(14)12-2-1-6-16-9-12)5-7-17(10-15)22(20,21)13-3-4-13/h1-2,6,9,13H,3-5,7-8,10-11H2. The summed E-state index contributed by atoms with van der Waals surface area (Å²) in [5.41, 5.74) is 0.572. The van der Waals surface area contributed by atoms with Crippen LogP contribution >= 0.6 is 0 Å². The van der Waals surface area contributed by atoms with Crippen LogP contribution < -0.4 is 4.90 Å². The van der Waals surface area contributed by atoms with Crippen molar-refractivity contribution in [2.24, 2.45) is 5.41 Å². The fraction of sp³-hybridized carbons (Fsp3) is 0.600. The number of carbonyl (C=O) groups is 1. The highest BCUT2D eigenvalue weighted by molar-refractivity contribution is 7.90. The monoisotopic (exact) mass is 321 g/mol. The van der Waals surface area contributed by atoms with Crippen LogP contribution in [0.1, 0.15) is 25.7 Å². The van der Waals surface area contributed by atoms with Crippen molar-refractivity contribution < 1.29 is 13.2 Å². The zero-order valence-corrected chi connectivity index (χ0v) is 13.1. The van der Waals surface area contributed by atoms with Crippen molar-refractivity contribution >= 4 is 21.6 Å². The molecular weight excluding hydrogens is 302 g/mol. The Bertz CT molecular complexity index is 702. The molecule has 0 N–H and O–H groups in total. The van der Waals surface area contributed by atoms with Gasteiger partial charge in [0, 0.05) is 37.7 Å². The van der Waals surface area contributed by atoms with Crippen molar-refractivity contribution in [1.29, 1.82) is 0 Å². The van der Waals surface area contributed by atoms with Crippen molar-refractivity contribution in [3.8, 4) is 0 Å². The van der Waals surface area contributed by atoms with E-state index in [0.717, 1.165) is 24.9 Å². The van der Waals surface area contributed by atoms with E-state index in [9.17, 15) is 13.2 Å². The summed E-state index contributed by atoms with van der Waals surface area (Å²) in [6.07, 6.45) is 6.13. The first-order chi connectivity index (χ1) is 10.5. The minimum absolute atomic E-state index is 0.0682. The minimum Gasteiger partial charge on any atom is -0.310 e. The Labute approximate surface area is 130 Å². The number of hydrogen-bond donors (Lipinski definition) is 0. The Balaban J connectivity index is 1.54. The second-order valence-corrected chi connectivity index (χ2v) is 8.91. The maximum atomic E-state index is 12.4. The zero-order chi connectivity index (χ0) is 15.4. The molecule has 2 saturated heterocycles. The third kappa shape index (κ3) is 2.23. The average molecular weight is 321 g/mol. The van der Waals surface area contributed by atoms with E-state index in [1.54, 1.807) is 21.6 Å². The van der Waals surface area contributed by atoms with Gasteiger partial charge in [0.15, 0.2) is 0 Å². The lowest BCUT2D eigenvalue weighted by Gasteiger charge is -2.24. The summed E-state index contributed by atoms with van der Waals surface area (Å²) in [7, 11) is -3.14. The topological polar surface area (TPSA) is 70.6 Å². The van der Waals surface area contributed by atoms with Crippen LogP contribution in [0.5, 0.6) is 0 Å². The Morgan fingerprint density at radius 1 is 1.27 bits per heavy atom. The molecule has 118 valence electrons. The van der Waals surface area contributed by atoms with Crippen molar-refractivity contribution in [2.45, 2.75) is 30.9 Å². The predicted molar refractivity (Wildman–Crippen MR) is 81.8 cm³/mol. The van der Waals surface area contributed by atoms with E-state index in [2.05, 4.69) is 4.98 Å². The normalized spacial score (nSPS) is 29.6. The lowest BCUT2D eigenvalue weighted by molar-refractivity contribution is -0.117. The largest absolute Gasteiger partial charge is 0.310 e. The van der Waals surface area contributed by atoms with Crippen LogP contribution in [0.3, 0.4) is 0 Å². The second-order valence-electron chi connectivity index (χ2n) is 6.70. The molecule has 1 aromatic heterocycles. The van der Waals surface area contributed by atoms with Gasteiger partial charge in [-0.15, -0.1) is 0 Å². The first kappa shape index (κ1) is 14.1. The van der Waals surface area contributed by atoms with Gasteiger partial charge in [-0.25, -0.2) is 12.7 Å². The summed E-state index contributed by atoms with van der Waals surface area (Å²) in [4.78, 5) is 18.2. The maximum Gasteiger partial charge on any atom is 0.227 e. The lowest BCUT2D eigenvalue weighted by atomic mass is 9.86. The van der Waals surface area contributed by atoms with Crippen LogP contribution in [0, 0.1) is 5.41 Å². The van der Waals surface area contributed by atoms with Crippen LogP contribution in [0.15, 0.2) is 24.5 Å².